The molecule has 0 unspecified atom stereocenters. The Labute approximate surface area is 117 Å². The second-order valence-electron chi connectivity index (χ2n) is 4.77. The standard InChI is InChI=1S/C13H12BrF2N3/c14-8-5-9(15)11(10(16)6-8)13-17-12(18-19-13)7-3-1-2-4-7/h5-7H,1-4H2,(H,17,18,19). The molecule has 0 saturated heterocycles. The van der Waals surface area contributed by atoms with Crippen molar-refractivity contribution in [1.29, 1.82) is 0 Å². The summed E-state index contributed by atoms with van der Waals surface area (Å²) >= 11 is 3.05. The second kappa shape index (κ2) is 5.00. The molecule has 2 aromatic rings. The van der Waals surface area contributed by atoms with Crippen LogP contribution in [0.4, 0.5) is 8.78 Å². The summed E-state index contributed by atoms with van der Waals surface area (Å²) in [6, 6.07) is 2.42. The van der Waals surface area contributed by atoms with Crippen LogP contribution in [0.1, 0.15) is 37.4 Å². The smallest absolute Gasteiger partial charge is 0.187 e. The van der Waals surface area contributed by atoms with Crippen molar-refractivity contribution in [2.24, 2.45) is 0 Å². The van der Waals surface area contributed by atoms with Crippen LogP contribution in [0.25, 0.3) is 11.4 Å². The van der Waals surface area contributed by atoms with Gasteiger partial charge in [-0.1, -0.05) is 28.8 Å². The van der Waals surface area contributed by atoms with E-state index in [1.807, 2.05) is 0 Å². The van der Waals surface area contributed by atoms with Gasteiger partial charge in [-0.2, -0.15) is 5.10 Å². The van der Waals surface area contributed by atoms with Gasteiger partial charge in [0.15, 0.2) is 5.82 Å². The minimum atomic E-state index is -0.663. The Hall–Kier alpha value is -1.30. The molecule has 0 spiro atoms. The molecule has 1 saturated carbocycles. The zero-order valence-electron chi connectivity index (χ0n) is 10.1. The third kappa shape index (κ3) is 2.41. The topological polar surface area (TPSA) is 41.6 Å². The SMILES string of the molecule is Fc1cc(Br)cc(F)c1-c1n[nH]c(C2CCCC2)n1. The van der Waals surface area contributed by atoms with Crippen molar-refractivity contribution in [1.82, 2.24) is 15.2 Å². The van der Waals surface area contributed by atoms with Crippen molar-refractivity contribution in [3.63, 3.8) is 0 Å². The third-order valence-corrected chi connectivity index (χ3v) is 3.93. The average molecular weight is 328 g/mol. The molecule has 0 atom stereocenters. The van der Waals surface area contributed by atoms with Gasteiger partial charge < -0.3 is 0 Å². The molecule has 19 heavy (non-hydrogen) atoms. The number of H-pyrrole nitrogens is 1. The number of benzene rings is 1. The molecular weight excluding hydrogens is 316 g/mol. The third-order valence-electron chi connectivity index (χ3n) is 3.48. The molecule has 100 valence electrons. The van der Waals surface area contributed by atoms with E-state index in [0.29, 0.717) is 10.4 Å². The van der Waals surface area contributed by atoms with Crippen LogP contribution in [0.5, 0.6) is 0 Å². The number of rotatable bonds is 2. The van der Waals surface area contributed by atoms with Crippen molar-refractivity contribution >= 4 is 15.9 Å². The second-order valence-corrected chi connectivity index (χ2v) is 5.69. The van der Waals surface area contributed by atoms with E-state index < -0.39 is 11.6 Å². The highest BCUT2D eigenvalue weighted by Crippen LogP contribution is 2.33. The van der Waals surface area contributed by atoms with Gasteiger partial charge in [0, 0.05) is 10.4 Å². The van der Waals surface area contributed by atoms with Gasteiger partial charge >= 0.3 is 0 Å². The first-order valence-electron chi connectivity index (χ1n) is 6.22. The molecular formula is C13H12BrF2N3. The van der Waals surface area contributed by atoms with Crippen LogP contribution < -0.4 is 0 Å². The van der Waals surface area contributed by atoms with Crippen LogP contribution in [0.15, 0.2) is 16.6 Å². The molecule has 6 heteroatoms. The molecule has 1 aromatic heterocycles. The highest BCUT2D eigenvalue weighted by molar-refractivity contribution is 9.10. The first-order chi connectivity index (χ1) is 9.15. The van der Waals surface area contributed by atoms with E-state index in [9.17, 15) is 8.78 Å². The minimum Gasteiger partial charge on any atom is -0.262 e. The van der Waals surface area contributed by atoms with Crippen LogP contribution in [0.3, 0.4) is 0 Å². The van der Waals surface area contributed by atoms with Gasteiger partial charge in [0.25, 0.3) is 0 Å². The number of nitrogens with zero attached hydrogens (tertiary/aromatic N) is 2. The maximum atomic E-state index is 13.8. The summed E-state index contributed by atoms with van der Waals surface area (Å²) in [5.41, 5.74) is -0.177. The Morgan fingerprint density at radius 2 is 1.79 bits per heavy atom. The molecule has 3 nitrogen and oxygen atoms in total. The number of aromatic nitrogens is 3. The van der Waals surface area contributed by atoms with Crippen LogP contribution in [-0.2, 0) is 0 Å². The average Bonchev–Trinajstić information content (AvgIpc) is 2.97. The Kier molecular flexibility index (Phi) is 3.35. The minimum absolute atomic E-state index is 0.0874. The predicted molar refractivity (Wildman–Crippen MR) is 70.6 cm³/mol. The van der Waals surface area contributed by atoms with E-state index >= 15 is 0 Å². The first-order valence-corrected chi connectivity index (χ1v) is 7.01. The number of halogens is 3. The first kappa shape index (κ1) is 12.7. The van der Waals surface area contributed by atoms with Crippen molar-refractivity contribution in [2.75, 3.05) is 0 Å². The van der Waals surface area contributed by atoms with E-state index in [1.54, 1.807) is 0 Å². The zero-order valence-corrected chi connectivity index (χ0v) is 11.7. The van der Waals surface area contributed by atoms with Crippen LogP contribution in [0.2, 0.25) is 0 Å². The largest absolute Gasteiger partial charge is 0.262 e. The van der Waals surface area contributed by atoms with Gasteiger partial charge in [-0.15, -0.1) is 0 Å². The highest BCUT2D eigenvalue weighted by Gasteiger charge is 2.23. The summed E-state index contributed by atoms with van der Waals surface area (Å²) in [6.45, 7) is 0. The molecule has 3 rings (SSSR count). The summed E-state index contributed by atoms with van der Waals surface area (Å²) in [7, 11) is 0. The van der Waals surface area contributed by atoms with Gasteiger partial charge in [-0.3, -0.25) is 5.10 Å². The van der Waals surface area contributed by atoms with Crippen LogP contribution >= 0.6 is 15.9 Å². The van der Waals surface area contributed by atoms with Crippen molar-refractivity contribution in [2.45, 2.75) is 31.6 Å². The summed E-state index contributed by atoms with van der Waals surface area (Å²) < 4.78 is 28.0. The molecule has 0 radical (unpaired) electrons. The van der Waals surface area contributed by atoms with Gasteiger partial charge in [-0.05, 0) is 25.0 Å². The normalized spacial score (nSPS) is 16.2. The molecule has 1 aliphatic rings. The number of hydrogen-bond acceptors (Lipinski definition) is 2. The van der Waals surface area contributed by atoms with E-state index in [-0.39, 0.29) is 11.4 Å². The van der Waals surface area contributed by atoms with E-state index in [4.69, 9.17) is 0 Å². The van der Waals surface area contributed by atoms with Crippen molar-refractivity contribution in [3.8, 4) is 11.4 Å². The molecule has 0 aliphatic heterocycles. The Morgan fingerprint density at radius 3 is 2.42 bits per heavy atom. The zero-order chi connectivity index (χ0) is 13.4. The molecule has 1 aliphatic carbocycles. The molecule has 1 fully saturated rings. The summed E-state index contributed by atoms with van der Waals surface area (Å²) in [6.07, 6.45) is 4.45. The summed E-state index contributed by atoms with van der Waals surface area (Å²) in [5.74, 6) is -0.172. The molecule has 0 amide bonds. The van der Waals surface area contributed by atoms with Gasteiger partial charge in [0.2, 0.25) is 0 Å². The monoisotopic (exact) mass is 327 g/mol. The Bertz CT molecular complexity index is 583. The van der Waals surface area contributed by atoms with Crippen molar-refractivity contribution in [3.05, 3.63) is 34.1 Å². The van der Waals surface area contributed by atoms with Crippen LogP contribution in [0, 0.1) is 11.6 Å². The number of nitrogens with one attached hydrogen (secondary N) is 1. The van der Waals surface area contributed by atoms with Crippen molar-refractivity contribution < 1.29 is 8.78 Å². The number of hydrogen-bond donors (Lipinski definition) is 1. The maximum absolute atomic E-state index is 13.8. The Balaban J connectivity index is 1.98. The summed E-state index contributed by atoms with van der Waals surface area (Å²) in [5, 5.41) is 6.76. The maximum Gasteiger partial charge on any atom is 0.187 e. The lowest BCUT2D eigenvalue weighted by Crippen LogP contribution is -1.95. The lowest BCUT2D eigenvalue weighted by Gasteiger charge is -2.03. The fourth-order valence-electron chi connectivity index (χ4n) is 2.52. The van der Waals surface area contributed by atoms with Gasteiger partial charge in [0.1, 0.15) is 17.5 Å². The predicted octanol–water partition coefficient (Wildman–Crippen LogP) is 4.17. The number of aromatic amines is 1. The Morgan fingerprint density at radius 1 is 1.16 bits per heavy atom. The molecule has 1 aromatic carbocycles. The fraction of sp³-hybridized carbons (Fsp3) is 0.385. The van der Waals surface area contributed by atoms with E-state index in [0.717, 1.165) is 18.7 Å². The quantitative estimate of drug-likeness (QED) is 0.899. The lowest BCUT2D eigenvalue weighted by molar-refractivity contribution is 0.586. The molecule has 1 N–H and O–H groups in total. The molecule has 0 bridgehead atoms. The molecule has 1 heterocycles. The van der Waals surface area contributed by atoms with E-state index in [2.05, 4.69) is 31.1 Å². The summed E-state index contributed by atoms with van der Waals surface area (Å²) in [4.78, 5) is 4.25. The van der Waals surface area contributed by atoms with Gasteiger partial charge in [0.05, 0.1) is 5.56 Å². The van der Waals surface area contributed by atoms with Gasteiger partial charge in [-0.25, -0.2) is 13.8 Å². The lowest BCUT2D eigenvalue weighted by atomic mass is 10.1. The van der Waals surface area contributed by atoms with Crippen LogP contribution in [-0.4, -0.2) is 15.2 Å². The van der Waals surface area contributed by atoms with E-state index in [1.165, 1.54) is 25.0 Å². The highest BCUT2D eigenvalue weighted by atomic mass is 79.9. The fourth-order valence-corrected chi connectivity index (χ4v) is 2.93.